The van der Waals surface area contributed by atoms with E-state index in [9.17, 15) is 0 Å². The van der Waals surface area contributed by atoms with E-state index in [1.54, 1.807) is 22.9 Å². The van der Waals surface area contributed by atoms with E-state index >= 15 is 0 Å². The molecule has 2 rings (SSSR count). The third kappa shape index (κ3) is 2.12. The highest BCUT2D eigenvalue weighted by molar-refractivity contribution is 6.32. The van der Waals surface area contributed by atoms with Crippen LogP contribution in [0.3, 0.4) is 0 Å². The standard InChI is InChI=1S/C12H12ClN5/c1-3-7-18-9(4-2)17-11(13)10(18)8-5-6-15-12(14)16-8/h3-7H,2H2,1H3,(H2,14,15,16)/b7-3-. The molecule has 0 aromatic carbocycles. The first kappa shape index (κ1) is 12.3. The number of hydrogen-bond acceptors (Lipinski definition) is 4. The van der Waals surface area contributed by atoms with Gasteiger partial charge in [-0.15, -0.1) is 0 Å². The van der Waals surface area contributed by atoms with Gasteiger partial charge in [0.2, 0.25) is 5.95 Å². The molecule has 2 aromatic heterocycles. The van der Waals surface area contributed by atoms with E-state index < -0.39 is 0 Å². The number of nitrogen functional groups attached to an aromatic ring is 1. The molecular formula is C12H12ClN5. The van der Waals surface area contributed by atoms with Crippen LogP contribution in [0.1, 0.15) is 12.7 Å². The van der Waals surface area contributed by atoms with E-state index in [4.69, 9.17) is 17.3 Å². The minimum absolute atomic E-state index is 0.192. The molecule has 0 saturated heterocycles. The van der Waals surface area contributed by atoms with Crippen molar-refractivity contribution in [1.29, 1.82) is 0 Å². The van der Waals surface area contributed by atoms with Crippen LogP contribution in [0.5, 0.6) is 0 Å². The number of rotatable bonds is 3. The van der Waals surface area contributed by atoms with Gasteiger partial charge >= 0.3 is 0 Å². The SMILES string of the molecule is C=Cc1nc(Cl)c(-c2ccnc(N)n2)n1/C=C\C. The van der Waals surface area contributed by atoms with Crippen molar-refractivity contribution in [3.8, 4) is 11.4 Å². The summed E-state index contributed by atoms with van der Waals surface area (Å²) in [4.78, 5) is 12.2. The molecule has 0 amide bonds. The first-order chi connectivity index (χ1) is 8.67. The Bertz CT molecular complexity index is 615. The monoisotopic (exact) mass is 261 g/mol. The number of nitrogens with two attached hydrogens (primary N) is 1. The van der Waals surface area contributed by atoms with Crippen molar-refractivity contribution in [2.24, 2.45) is 0 Å². The smallest absolute Gasteiger partial charge is 0.220 e. The minimum atomic E-state index is 0.192. The van der Waals surface area contributed by atoms with Crippen LogP contribution in [0.15, 0.2) is 24.9 Å². The van der Waals surface area contributed by atoms with Gasteiger partial charge in [-0.05, 0) is 19.1 Å². The maximum absolute atomic E-state index is 6.14. The Labute approximate surface area is 110 Å². The molecule has 5 nitrogen and oxygen atoms in total. The Morgan fingerprint density at radius 3 is 2.83 bits per heavy atom. The fourth-order valence-corrected chi connectivity index (χ4v) is 1.87. The van der Waals surface area contributed by atoms with E-state index in [0.717, 1.165) is 0 Å². The van der Waals surface area contributed by atoms with E-state index in [2.05, 4.69) is 21.5 Å². The highest BCUT2D eigenvalue weighted by Gasteiger charge is 2.15. The molecule has 6 heteroatoms. The second-order valence-corrected chi connectivity index (χ2v) is 3.82. The Hall–Kier alpha value is -2.14. The molecule has 2 N–H and O–H groups in total. The minimum Gasteiger partial charge on any atom is -0.368 e. The number of aromatic nitrogens is 4. The lowest BCUT2D eigenvalue weighted by Crippen LogP contribution is -1.99. The largest absolute Gasteiger partial charge is 0.368 e. The molecule has 0 bridgehead atoms. The van der Waals surface area contributed by atoms with Crippen LogP contribution >= 0.6 is 11.6 Å². The van der Waals surface area contributed by atoms with Crippen molar-refractivity contribution in [2.45, 2.75) is 6.92 Å². The van der Waals surface area contributed by atoms with Crippen molar-refractivity contribution in [1.82, 2.24) is 19.5 Å². The second kappa shape index (κ2) is 5.01. The number of anilines is 1. The van der Waals surface area contributed by atoms with Crippen molar-refractivity contribution in [3.05, 3.63) is 35.9 Å². The van der Waals surface area contributed by atoms with Gasteiger partial charge < -0.3 is 5.73 Å². The molecule has 0 aliphatic heterocycles. The Kier molecular flexibility index (Phi) is 3.43. The first-order valence-electron chi connectivity index (χ1n) is 5.29. The summed E-state index contributed by atoms with van der Waals surface area (Å²) in [5, 5.41) is 0.348. The fourth-order valence-electron chi connectivity index (χ4n) is 1.60. The van der Waals surface area contributed by atoms with Gasteiger partial charge in [0.05, 0.1) is 5.69 Å². The Morgan fingerprint density at radius 2 is 2.22 bits per heavy atom. The molecule has 0 unspecified atom stereocenters. The summed E-state index contributed by atoms with van der Waals surface area (Å²) in [5.41, 5.74) is 6.86. The summed E-state index contributed by atoms with van der Waals surface area (Å²) in [6, 6.07) is 1.73. The Balaban J connectivity index is 2.70. The van der Waals surface area contributed by atoms with Crippen LogP contribution in [0.4, 0.5) is 5.95 Å². The molecule has 0 aliphatic rings. The van der Waals surface area contributed by atoms with Gasteiger partial charge in [0.1, 0.15) is 11.5 Å². The fraction of sp³-hybridized carbons (Fsp3) is 0.0833. The summed E-state index contributed by atoms with van der Waals surface area (Å²) in [6.45, 7) is 5.61. The number of allylic oxidation sites excluding steroid dienone is 1. The molecule has 18 heavy (non-hydrogen) atoms. The highest BCUT2D eigenvalue weighted by atomic mass is 35.5. The molecule has 0 fully saturated rings. The van der Waals surface area contributed by atoms with Crippen LogP contribution in [-0.4, -0.2) is 19.5 Å². The molecule has 2 heterocycles. The lowest BCUT2D eigenvalue weighted by atomic mass is 10.3. The molecule has 92 valence electrons. The van der Waals surface area contributed by atoms with Gasteiger partial charge in [-0.2, -0.15) is 0 Å². The number of nitrogens with zero attached hydrogens (tertiary/aromatic N) is 4. The van der Waals surface area contributed by atoms with E-state index in [-0.39, 0.29) is 5.95 Å². The van der Waals surface area contributed by atoms with Gasteiger partial charge in [0, 0.05) is 12.4 Å². The van der Waals surface area contributed by atoms with Crippen molar-refractivity contribution < 1.29 is 0 Å². The van der Waals surface area contributed by atoms with E-state index in [1.165, 1.54) is 0 Å². The summed E-state index contributed by atoms with van der Waals surface area (Å²) in [6.07, 6.45) is 6.91. The maximum atomic E-state index is 6.14. The zero-order valence-corrected chi connectivity index (χ0v) is 10.6. The summed E-state index contributed by atoms with van der Waals surface area (Å²) in [7, 11) is 0. The average Bonchev–Trinajstić information content (AvgIpc) is 2.66. The Morgan fingerprint density at radius 1 is 1.44 bits per heavy atom. The average molecular weight is 262 g/mol. The summed E-state index contributed by atoms with van der Waals surface area (Å²) >= 11 is 6.14. The zero-order valence-electron chi connectivity index (χ0n) is 9.84. The molecule has 0 radical (unpaired) electrons. The van der Waals surface area contributed by atoms with Gasteiger partial charge in [-0.3, -0.25) is 4.57 Å². The van der Waals surface area contributed by atoms with Crippen molar-refractivity contribution in [2.75, 3.05) is 5.73 Å². The van der Waals surface area contributed by atoms with Gasteiger partial charge in [0.25, 0.3) is 0 Å². The van der Waals surface area contributed by atoms with Crippen molar-refractivity contribution in [3.63, 3.8) is 0 Å². The third-order valence-corrected chi connectivity index (χ3v) is 2.56. The molecule has 0 saturated carbocycles. The summed E-state index contributed by atoms with van der Waals surface area (Å²) in [5.74, 6) is 0.835. The number of halogens is 1. The number of hydrogen-bond donors (Lipinski definition) is 1. The maximum Gasteiger partial charge on any atom is 0.220 e. The normalized spacial score (nSPS) is 11.0. The van der Waals surface area contributed by atoms with Crippen LogP contribution in [0.25, 0.3) is 23.7 Å². The highest BCUT2D eigenvalue weighted by Crippen LogP contribution is 2.28. The van der Waals surface area contributed by atoms with Crippen LogP contribution in [0, 0.1) is 0 Å². The third-order valence-electron chi connectivity index (χ3n) is 2.29. The van der Waals surface area contributed by atoms with E-state index in [0.29, 0.717) is 22.4 Å². The lowest BCUT2D eigenvalue weighted by molar-refractivity contribution is 1.09. The quantitative estimate of drug-likeness (QED) is 0.922. The van der Waals surface area contributed by atoms with Crippen LogP contribution in [0.2, 0.25) is 5.15 Å². The zero-order chi connectivity index (χ0) is 13.1. The topological polar surface area (TPSA) is 69.6 Å². The van der Waals surface area contributed by atoms with Crippen molar-refractivity contribution >= 4 is 29.8 Å². The van der Waals surface area contributed by atoms with E-state index in [1.807, 2.05) is 19.2 Å². The predicted octanol–water partition coefficient (Wildman–Crippen LogP) is 2.71. The summed E-state index contributed by atoms with van der Waals surface area (Å²) < 4.78 is 1.80. The lowest BCUT2D eigenvalue weighted by Gasteiger charge is -2.05. The van der Waals surface area contributed by atoms with Gasteiger partial charge in [0.15, 0.2) is 5.15 Å². The van der Waals surface area contributed by atoms with Crippen LogP contribution < -0.4 is 5.73 Å². The molecule has 0 atom stereocenters. The first-order valence-corrected chi connectivity index (χ1v) is 5.67. The number of imidazole rings is 1. The second-order valence-electron chi connectivity index (χ2n) is 3.47. The molecule has 0 spiro atoms. The van der Waals surface area contributed by atoms with Crippen LogP contribution in [-0.2, 0) is 0 Å². The van der Waals surface area contributed by atoms with Gasteiger partial charge in [-0.1, -0.05) is 24.3 Å². The molecule has 0 aliphatic carbocycles. The molecule has 2 aromatic rings. The van der Waals surface area contributed by atoms with Gasteiger partial charge in [-0.25, -0.2) is 15.0 Å². The molecular weight excluding hydrogens is 250 g/mol. The predicted molar refractivity (Wildman–Crippen MR) is 73.8 cm³/mol.